The predicted octanol–water partition coefficient (Wildman–Crippen LogP) is 1.69. The van der Waals surface area contributed by atoms with Gasteiger partial charge in [-0.1, -0.05) is 0 Å². The molecule has 0 radical (unpaired) electrons. The molecule has 8 heteroatoms. The molecule has 0 unspecified atom stereocenters. The highest BCUT2D eigenvalue weighted by Crippen LogP contribution is 2.39. The average molecular weight is 359 g/mol. The molecule has 0 spiro atoms. The summed E-state index contributed by atoms with van der Waals surface area (Å²) in [6.45, 7) is 3.06. The number of carbonyl (C=O) groups excluding carboxylic acids is 1. The lowest BCUT2D eigenvalue weighted by Gasteiger charge is -2.12. The molecule has 1 heterocycles. The van der Waals surface area contributed by atoms with Crippen LogP contribution in [0.5, 0.6) is 17.2 Å². The Morgan fingerprint density at radius 1 is 1.27 bits per heavy atom. The molecule has 0 atom stereocenters. The van der Waals surface area contributed by atoms with Crippen molar-refractivity contribution in [2.24, 2.45) is 0 Å². The number of carbonyl (C=O) groups is 2. The number of phenols is 1. The van der Waals surface area contributed by atoms with Crippen molar-refractivity contribution in [3.05, 3.63) is 34.6 Å². The Bertz CT molecular complexity index is 872. The number of phenolic OH excluding ortho intramolecular Hbond substituents is 1. The van der Waals surface area contributed by atoms with Gasteiger partial charge in [0.05, 0.1) is 5.69 Å². The maximum Gasteiger partial charge on any atom is 0.322 e. The fourth-order valence-electron chi connectivity index (χ4n) is 3.21. The van der Waals surface area contributed by atoms with Crippen molar-refractivity contribution in [1.82, 2.24) is 15.1 Å². The molecule has 8 nitrogen and oxygen atoms in total. The largest absolute Gasteiger partial charge is 0.508 e. The molecule has 0 fully saturated rings. The van der Waals surface area contributed by atoms with E-state index in [9.17, 15) is 14.7 Å². The molecule has 0 saturated heterocycles. The van der Waals surface area contributed by atoms with Gasteiger partial charge in [-0.2, -0.15) is 5.10 Å². The number of fused-ring (bicyclic) bond motifs is 1. The number of carboxylic acid groups (broad SMARTS) is 1. The number of carboxylic acids is 1. The first kappa shape index (κ1) is 17.8. The highest BCUT2D eigenvalue weighted by atomic mass is 16.5. The van der Waals surface area contributed by atoms with Crippen LogP contribution in [0, 0.1) is 13.8 Å². The molecule has 3 rings (SSSR count). The van der Waals surface area contributed by atoms with E-state index >= 15 is 0 Å². The van der Waals surface area contributed by atoms with Crippen LogP contribution >= 0.6 is 0 Å². The van der Waals surface area contributed by atoms with Crippen LogP contribution in [0.3, 0.4) is 0 Å². The van der Waals surface area contributed by atoms with Crippen molar-refractivity contribution >= 4 is 11.9 Å². The number of aliphatic carboxylic acids is 1. The number of nitrogens with one attached hydrogen (secondary N) is 1. The number of benzene rings is 1. The smallest absolute Gasteiger partial charge is 0.322 e. The van der Waals surface area contributed by atoms with E-state index in [-0.39, 0.29) is 6.54 Å². The summed E-state index contributed by atoms with van der Waals surface area (Å²) in [5.74, 6) is 0.0169. The van der Waals surface area contributed by atoms with Crippen molar-refractivity contribution < 1.29 is 24.5 Å². The Morgan fingerprint density at radius 2 is 2.00 bits per heavy atom. The maximum atomic E-state index is 11.8. The van der Waals surface area contributed by atoms with E-state index in [1.807, 2.05) is 0 Å². The molecular formula is C18H21N3O5. The zero-order valence-corrected chi connectivity index (χ0v) is 14.7. The minimum atomic E-state index is -1.10. The van der Waals surface area contributed by atoms with E-state index in [1.54, 1.807) is 26.0 Å². The molecule has 0 aliphatic heterocycles. The molecule has 0 saturated carbocycles. The van der Waals surface area contributed by atoms with Crippen LogP contribution in [-0.2, 0) is 29.0 Å². The molecule has 138 valence electrons. The van der Waals surface area contributed by atoms with Gasteiger partial charge in [0.25, 0.3) is 0 Å². The van der Waals surface area contributed by atoms with Gasteiger partial charge < -0.3 is 20.3 Å². The number of ether oxygens (including phenoxy) is 1. The number of amides is 1. The first-order valence-electron chi connectivity index (χ1n) is 8.41. The molecule has 0 bridgehead atoms. The highest BCUT2D eigenvalue weighted by molar-refractivity contribution is 5.81. The third-order valence-corrected chi connectivity index (χ3v) is 4.47. The van der Waals surface area contributed by atoms with E-state index in [0.717, 1.165) is 30.4 Å². The molecule has 1 aliphatic carbocycles. The number of aromatic nitrogens is 2. The van der Waals surface area contributed by atoms with Gasteiger partial charge in [-0.3, -0.25) is 14.3 Å². The zero-order valence-electron chi connectivity index (χ0n) is 14.7. The first-order chi connectivity index (χ1) is 12.4. The summed E-state index contributed by atoms with van der Waals surface area (Å²) in [4.78, 5) is 22.4. The molecule has 1 aliphatic rings. The van der Waals surface area contributed by atoms with Crippen molar-refractivity contribution in [2.75, 3.05) is 6.54 Å². The monoisotopic (exact) mass is 359 g/mol. The second-order valence-electron chi connectivity index (χ2n) is 6.32. The summed E-state index contributed by atoms with van der Waals surface area (Å²) >= 11 is 0. The second-order valence-corrected chi connectivity index (χ2v) is 6.32. The van der Waals surface area contributed by atoms with E-state index < -0.39 is 18.4 Å². The third kappa shape index (κ3) is 3.49. The lowest BCUT2D eigenvalue weighted by Crippen LogP contribution is -2.32. The summed E-state index contributed by atoms with van der Waals surface area (Å²) in [6, 6.07) is 3.38. The van der Waals surface area contributed by atoms with Crippen LogP contribution in [0.4, 0.5) is 0 Å². The summed E-state index contributed by atoms with van der Waals surface area (Å²) in [7, 11) is 0. The lowest BCUT2D eigenvalue weighted by atomic mass is 10.1. The molecule has 1 amide bonds. The van der Waals surface area contributed by atoms with Crippen LogP contribution in [0.1, 0.15) is 28.9 Å². The summed E-state index contributed by atoms with van der Waals surface area (Å²) in [6.07, 6.45) is 2.66. The van der Waals surface area contributed by atoms with Gasteiger partial charge in [0, 0.05) is 11.1 Å². The molecular weight excluding hydrogens is 338 g/mol. The van der Waals surface area contributed by atoms with Crippen LogP contribution in [0.25, 0.3) is 0 Å². The SMILES string of the molecule is Cc1nn(CC(=O)NCC(=O)O)c(C)c1Oc1ccc(O)c2c1CCC2. The van der Waals surface area contributed by atoms with E-state index in [4.69, 9.17) is 9.84 Å². The van der Waals surface area contributed by atoms with Gasteiger partial charge in [-0.25, -0.2) is 0 Å². The fraction of sp³-hybridized carbons (Fsp3) is 0.389. The van der Waals surface area contributed by atoms with Crippen molar-refractivity contribution in [3.63, 3.8) is 0 Å². The molecule has 2 aromatic rings. The van der Waals surface area contributed by atoms with Gasteiger partial charge >= 0.3 is 5.97 Å². The van der Waals surface area contributed by atoms with Crippen molar-refractivity contribution in [2.45, 2.75) is 39.7 Å². The average Bonchev–Trinajstić information content (AvgIpc) is 3.17. The predicted molar refractivity (Wildman–Crippen MR) is 92.6 cm³/mol. The Morgan fingerprint density at radius 3 is 2.73 bits per heavy atom. The van der Waals surface area contributed by atoms with Gasteiger partial charge in [-0.15, -0.1) is 0 Å². The standard InChI is InChI=1S/C18H21N3O5/c1-10-18(11(2)21(20-10)9-16(23)19-8-17(24)25)26-15-7-6-14(22)12-4-3-5-13(12)15/h6-7,22H,3-5,8-9H2,1-2H3,(H,19,23)(H,24,25). The second kappa shape index (κ2) is 7.07. The number of aryl methyl sites for hydroxylation is 1. The molecule has 1 aromatic carbocycles. The normalized spacial score (nSPS) is 12.7. The number of nitrogens with zero attached hydrogens (tertiary/aromatic N) is 2. The lowest BCUT2D eigenvalue weighted by molar-refractivity contribution is -0.138. The van der Waals surface area contributed by atoms with Crippen LogP contribution in [-0.4, -0.2) is 38.4 Å². The van der Waals surface area contributed by atoms with Crippen LogP contribution in [0.2, 0.25) is 0 Å². The quantitative estimate of drug-likeness (QED) is 0.723. The Kier molecular flexibility index (Phi) is 4.83. The Balaban J connectivity index is 1.80. The number of aromatic hydroxyl groups is 1. The summed E-state index contributed by atoms with van der Waals surface area (Å²) in [5, 5.41) is 25.2. The fourth-order valence-corrected chi connectivity index (χ4v) is 3.21. The van der Waals surface area contributed by atoms with Gasteiger partial charge in [0.2, 0.25) is 5.91 Å². The molecule has 1 aromatic heterocycles. The molecule has 26 heavy (non-hydrogen) atoms. The van der Waals surface area contributed by atoms with E-state index in [0.29, 0.717) is 28.6 Å². The van der Waals surface area contributed by atoms with Gasteiger partial charge in [0.15, 0.2) is 5.75 Å². The number of rotatable bonds is 6. The van der Waals surface area contributed by atoms with Crippen LogP contribution < -0.4 is 10.1 Å². The van der Waals surface area contributed by atoms with Crippen molar-refractivity contribution in [3.8, 4) is 17.2 Å². The highest BCUT2D eigenvalue weighted by Gasteiger charge is 2.22. The van der Waals surface area contributed by atoms with Crippen LogP contribution in [0.15, 0.2) is 12.1 Å². The van der Waals surface area contributed by atoms with Gasteiger partial charge in [0.1, 0.15) is 30.3 Å². The maximum absolute atomic E-state index is 11.8. The topological polar surface area (TPSA) is 114 Å². The summed E-state index contributed by atoms with van der Waals surface area (Å²) in [5.41, 5.74) is 3.25. The van der Waals surface area contributed by atoms with E-state index in [1.165, 1.54) is 4.68 Å². The minimum absolute atomic E-state index is 0.0863. The Labute approximate surface area is 150 Å². The van der Waals surface area contributed by atoms with Gasteiger partial charge in [-0.05, 0) is 45.2 Å². The number of hydrogen-bond donors (Lipinski definition) is 3. The van der Waals surface area contributed by atoms with E-state index in [2.05, 4.69) is 10.4 Å². The molecule has 3 N–H and O–H groups in total. The minimum Gasteiger partial charge on any atom is -0.508 e. The number of hydrogen-bond acceptors (Lipinski definition) is 5. The van der Waals surface area contributed by atoms with Crippen molar-refractivity contribution in [1.29, 1.82) is 0 Å². The zero-order chi connectivity index (χ0) is 18.8. The third-order valence-electron chi connectivity index (χ3n) is 4.47. The Hall–Kier alpha value is -3.03. The first-order valence-corrected chi connectivity index (χ1v) is 8.41. The summed E-state index contributed by atoms with van der Waals surface area (Å²) < 4.78 is 7.57.